The summed E-state index contributed by atoms with van der Waals surface area (Å²) in [6, 6.07) is 9.11. The fraction of sp³-hybridized carbons (Fsp3) is 0.611. The number of carbonyl (C=O) groups excluding carboxylic acids is 1. The van der Waals surface area contributed by atoms with E-state index in [1.165, 1.54) is 12.8 Å². The summed E-state index contributed by atoms with van der Waals surface area (Å²) in [5.74, 6) is 0.621. The van der Waals surface area contributed by atoms with Crippen LogP contribution in [0.2, 0.25) is 0 Å². The normalized spacial score (nSPS) is 23.1. The van der Waals surface area contributed by atoms with Crippen LogP contribution in [0.4, 0.5) is 0 Å². The molecule has 2 atom stereocenters. The Morgan fingerprint density at radius 3 is 2.78 bits per heavy atom. The van der Waals surface area contributed by atoms with Crippen molar-refractivity contribution in [2.75, 3.05) is 39.8 Å². The lowest BCUT2D eigenvalue weighted by Gasteiger charge is -2.35. The van der Waals surface area contributed by atoms with Gasteiger partial charge in [0, 0.05) is 26.2 Å². The van der Waals surface area contributed by atoms with E-state index >= 15 is 0 Å². The molecule has 1 aromatic carbocycles. The summed E-state index contributed by atoms with van der Waals surface area (Å²) in [6.07, 6.45) is 1.62. The first-order valence-corrected chi connectivity index (χ1v) is 8.45. The zero-order valence-electron chi connectivity index (χ0n) is 13.7. The molecule has 0 bridgehead atoms. The number of nitrogens with zero attached hydrogens (tertiary/aromatic N) is 2. The predicted octanol–water partition coefficient (Wildman–Crippen LogP) is 1.29. The Labute approximate surface area is 137 Å². The maximum atomic E-state index is 12.5. The minimum atomic E-state index is -1.08. The second-order valence-electron chi connectivity index (χ2n) is 6.75. The van der Waals surface area contributed by atoms with Gasteiger partial charge >= 0.3 is 0 Å². The quantitative estimate of drug-likeness (QED) is 0.859. The van der Waals surface area contributed by atoms with Gasteiger partial charge in [-0.25, -0.2) is 0 Å². The van der Waals surface area contributed by atoms with Gasteiger partial charge in [0.15, 0.2) is 6.10 Å². The molecule has 23 heavy (non-hydrogen) atoms. The summed E-state index contributed by atoms with van der Waals surface area (Å²) in [5, 5.41) is 10.3. The van der Waals surface area contributed by atoms with Gasteiger partial charge in [0.2, 0.25) is 0 Å². The van der Waals surface area contributed by atoms with Gasteiger partial charge in [-0.3, -0.25) is 4.79 Å². The third kappa shape index (κ3) is 4.53. The van der Waals surface area contributed by atoms with Crippen LogP contribution in [0, 0.1) is 5.92 Å². The molecule has 1 amide bonds. The van der Waals surface area contributed by atoms with Crippen LogP contribution >= 0.6 is 0 Å². The standard InChI is InChI=1S/C18H26N2O3/c1-19(11-14-7-8-14)12-16-13-20(9-10-23-16)18(22)17(21)15-5-3-2-4-6-15/h2-6,14,16-17,21H,7-13H2,1H3/t16-,17-/m0/s1. The molecule has 0 radical (unpaired) electrons. The minimum Gasteiger partial charge on any atom is -0.378 e. The molecule has 1 saturated heterocycles. The Morgan fingerprint density at radius 1 is 1.35 bits per heavy atom. The second kappa shape index (κ2) is 7.43. The molecule has 1 saturated carbocycles. The van der Waals surface area contributed by atoms with E-state index in [1.807, 2.05) is 18.2 Å². The maximum absolute atomic E-state index is 12.5. The third-order valence-electron chi connectivity index (χ3n) is 4.58. The Kier molecular flexibility index (Phi) is 5.30. The number of carbonyl (C=O) groups is 1. The summed E-state index contributed by atoms with van der Waals surface area (Å²) in [7, 11) is 2.11. The Balaban J connectivity index is 1.53. The average molecular weight is 318 g/mol. The zero-order chi connectivity index (χ0) is 16.2. The number of aliphatic hydroxyl groups excluding tert-OH is 1. The smallest absolute Gasteiger partial charge is 0.256 e. The highest BCUT2D eigenvalue weighted by atomic mass is 16.5. The molecule has 0 aromatic heterocycles. The highest BCUT2D eigenvalue weighted by molar-refractivity contribution is 5.82. The highest BCUT2D eigenvalue weighted by Crippen LogP contribution is 2.29. The molecule has 126 valence electrons. The topological polar surface area (TPSA) is 53.0 Å². The van der Waals surface area contributed by atoms with Gasteiger partial charge in [0.1, 0.15) is 0 Å². The average Bonchev–Trinajstić information content (AvgIpc) is 3.38. The van der Waals surface area contributed by atoms with E-state index in [1.54, 1.807) is 17.0 Å². The molecule has 2 aliphatic rings. The van der Waals surface area contributed by atoms with Gasteiger partial charge in [-0.15, -0.1) is 0 Å². The molecule has 0 unspecified atom stereocenters. The van der Waals surface area contributed by atoms with Crippen molar-refractivity contribution in [1.82, 2.24) is 9.80 Å². The lowest BCUT2D eigenvalue weighted by atomic mass is 10.1. The molecule has 1 aromatic rings. The number of amides is 1. The van der Waals surface area contributed by atoms with Crippen molar-refractivity contribution in [2.24, 2.45) is 5.92 Å². The van der Waals surface area contributed by atoms with E-state index in [0.29, 0.717) is 25.3 Å². The number of benzene rings is 1. The summed E-state index contributed by atoms with van der Waals surface area (Å²) in [6.45, 7) is 3.58. The van der Waals surface area contributed by atoms with Gasteiger partial charge in [-0.2, -0.15) is 0 Å². The van der Waals surface area contributed by atoms with Crippen molar-refractivity contribution in [3.8, 4) is 0 Å². The number of rotatable bonds is 6. The number of likely N-dealkylation sites (N-methyl/N-ethyl adjacent to an activating group) is 1. The van der Waals surface area contributed by atoms with Crippen molar-refractivity contribution in [3.63, 3.8) is 0 Å². The molecule has 3 rings (SSSR count). The molecule has 1 heterocycles. The van der Waals surface area contributed by atoms with Crippen LogP contribution in [-0.4, -0.2) is 66.8 Å². The monoisotopic (exact) mass is 318 g/mol. The van der Waals surface area contributed by atoms with Crippen LogP contribution in [0.25, 0.3) is 0 Å². The van der Waals surface area contributed by atoms with Gasteiger partial charge in [-0.1, -0.05) is 30.3 Å². The maximum Gasteiger partial charge on any atom is 0.256 e. The fourth-order valence-corrected chi connectivity index (χ4v) is 3.14. The molecule has 0 spiro atoms. The lowest BCUT2D eigenvalue weighted by Crippen LogP contribution is -2.50. The SMILES string of the molecule is CN(CC1CC1)C[C@H]1CN(C(=O)[C@@H](O)c2ccccc2)CCO1. The first-order chi connectivity index (χ1) is 11.1. The Bertz CT molecular complexity index is 518. The largest absolute Gasteiger partial charge is 0.378 e. The van der Waals surface area contributed by atoms with Crippen LogP contribution in [0.15, 0.2) is 30.3 Å². The molecule has 1 aliphatic carbocycles. The molecule has 2 fully saturated rings. The summed E-state index contributed by atoms with van der Waals surface area (Å²) >= 11 is 0. The van der Waals surface area contributed by atoms with Crippen molar-refractivity contribution in [1.29, 1.82) is 0 Å². The first-order valence-electron chi connectivity index (χ1n) is 8.45. The van der Waals surface area contributed by atoms with Crippen molar-refractivity contribution in [3.05, 3.63) is 35.9 Å². The molecular formula is C18H26N2O3. The molecular weight excluding hydrogens is 292 g/mol. The zero-order valence-corrected chi connectivity index (χ0v) is 13.7. The van der Waals surface area contributed by atoms with E-state index in [4.69, 9.17) is 4.74 Å². The van der Waals surface area contributed by atoms with Crippen molar-refractivity contribution >= 4 is 5.91 Å². The molecule has 5 heteroatoms. The third-order valence-corrected chi connectivity index (χ3v) is 4.58. The molecule has 1 aliphatic heterocycles. The summed E-state index contributed by atoms with van der Waals surface area (Å²) < 4.78 is 5.80. The van der Waals surface area contributed by atoms with Gasteiger partial charge in [0.25, 0.3) is 5.91 Å². The number of ether oxygens (including phenoxy) is 1. The Hall–Kier alpha value is -1.43. The van der Waals surface area contributed by atoms with E-state index < -0.39 is 6.10 Å². The van der Waals surface area contributed by atoms with Gasteiger partial charge < -0.3 is 19.6 Å². The van der Waals surface area contributed by atoms with Crippen LogP contribution in [0.3, 0.4) is 0 Å². The van der Waals surface area contributed by atoms with Gasteiger partial charge in [0.05, 0.1) is 12.7 Å². The van der Waals surface area contributed by atoms with E-state index in [2.05, 4.69) is 11.9 Å². The minimum absolute atomic E-state index is 0.0272. The van der Waals surface area contributed by atoms with E-state index in [-0.39, 0.29) is 12.0 Å². The first kappa shape index (κ1) is 16.4. The van der Waals surface area contributed by atoms with Crippen molar-refractivity contribution < 1.29 is 14.6 Å². The molecule has 5 nitrogen and oxygen atoms in total. The number of aliphatic hydroxyl groups is 1. The molecule has 1 N–H and O–H groups in total. The van der Waals surface area contributed by atoms with Crippen LogP contribution < -0.4 is 0 Å². The number of morpholine rings is 1. The summed E-state index contributed by atoms with van der Waals surface area (Å²) in [5.41, 5.74) is 0.645. The van der Waals surface area contributed by atoms with E-state index in [0.717, 1.165) is 19.0 Å². The van der Waals surface area contributed by atoms with Gasteiger partial charge in [-0.05, 0) is 31.4 Å². The number of hydrogen-bond donors (Lipinski definition) is 1. The Morgan fingerprint density at radius 2 is 2.09 bits per heavy atom. The van der Waals surface area contributed by atoms with Crippen LogP contribution in [-0.2, 0) is 9.53 Å². The highest BCUT2D eigenvalue weighted by Gasteiger charge is 2.30. The lowest BCUT2D eigenvalue weighted by molar-refractivity contribution is -0.148. The fourth-order valence-electron chi connectivity index (χ4n) is 3.14. The number of hydrogen-bond acceptors (Lipinski definition) is 4. The summed E-state index contributed by atoms with van der Waals surface area (Å²) in [4.78, 5) is 16.6. The van der Waals surface area contributed by atoms with E-state index in [9.17, 15) is 9.90 Å². The second-order valence-corrected chi connectivity index (χ2v) is 6.75. The van der Waals surface area contributed by atoms with Crippen molar-refractivity contribution in [2.45, 2.75) is 25.0 Å². The predicted molar refractivity (Wildman–Crippen MR) is 87.9 cm³/mol. The van der Waals surface area contributed by atoms with Crippen LogP contribution in [0.5, 0.6) is 0 Å². The van der Waals surface area contributed by atoms with Crippen LogP contribution in [0.1, 0.15) is 24.5 Å².